The molecule has 1 aromatic rings. The van der Waals surface area contributed by atoms with Gasteiger partial charge in [0.15, 0.2) is 17.8 Å². The molecule has 5 heteroatoms. The molecule has 0 atom stereocenters. The lowest BCUT2D eigenvalue weighted by Crippen LogP contribution is -2.02. The maximum Gasteiger partial charge on any atom is 0.336 e. The Morgan fingerprint density at radius 1 is 1.50 bits per heavy atom. The van der Waals surface area contributed by atoms with Gasteiger partial charge >= 0.3 is 5.97 Å². The first-order valence-corrected chi connectivity index (χ1v) is 3.69. The number of hydrogen-bond acceptors (Lipinski definition) is 4. The predicted molar refractivity (Wildman–Crippen MR) is 47.0 cm³/mol. The minimum absolute atomic E-state index is 0.0350. The molecule has 74 valence electrons. The molecule has 0 radical (unpaired) electrons. The number of benzene rings is 1. The van der Waals surface area contributed by atoms with E-state index in [4.69, 9.17) is 9.84 Å². The van der Waals surface area contributed by atoms with Crippen LogP contribution < -0.4 is 4.74 Å². The fraction of sp³-hybridized carbons (Fsp3) is 0.111. The summed E-state index contributed by atoms with van der Waals surface area (Å²) in [6, 6.07) is 2.15. The van der Waals surface area contributed by atoms with Gasteiger partial charge < -0.3 is 14.9 Å². The van der Waals surface area contributed by atoms with Crippen LogP contribution in [-0.4, -0.2) is 29.6 Å². The van der Waals surface area contributed by atoms with Crippen LogP contribution in [0.25, 0.3) is 0 Å². The second kappa shape index (κ2) is 3.78. The number of aromatic hydroxyl groups is 1. The third-order valence-electron chi connectivity index (χ3n) is 1.71. The zero-order chi connectivity index (χ0) is 10.7. The summed E-state index contributed by atoms with van der Waals surface area (Å²) >= 11 is 0. The number of ether oxygens (including phenoxy) is 1. The van der Waals surface area contributed by atoms with Crippen LogP contribution in [0.5, 0.6) is 11.5 Å². The predicted octanol–water partition coefficient (Wildman–Crippen LogP) is 0.911. The van der Waals surface area contributed by atoms with Crippen LogP contribution >= 0.6 is 0 Å². The van der Waals surface area contributed by atoms with Crippen molar-refractivity contribution in [2.45, 2.75) is 0 Å². The standard InChI is InChI=1S/C9H8O5/c1-14-8-2-5(4-10)6(9(12)13)3-7(8)11/h2-4,11H,1H3,(H,12,13). The largest absolute Gasteiger partial charge is 0.504 e. The monoisotopic (exact) mass is 196 g/mol. The highest BCUT2D eigenvalue weighted by atomic mass is 16.5. The van der Waals surface area contributed by atoms with E-state index < -0.39 is 5.97 Å². The van der Waals surface area contributed by atoms with Crippen LogP contribution in [0.15, 0.2) is 12.1 Å². The molecule has 0 unspecified atom stereocenters. The summed E-state index contributed by atoms with van der Waals surface area (Å²) in [7, 11) is 1.31. The van der Waals surface area contributed by atoms with E-state index in [1.807, 2.05) is 0 Å². The SMILES string of the molecule is COc1cc(C=O)c(C(=O)O)cc1O. The number of carbonyl (C=O) groups is 2. The van der Waals surface area contributed by atoms with E-state index in [0.717, 1.165) is 6.07 Å². The Bertz CT molecular complexity index is 383. The number of aromatic carboxylic acids is 1. The molecule has 2 N–H and O–H groups in total. The Labute approximate surface area is 79.6 Å². The number of methoxy groups -OCH3 is 1. The lowest BCUT2D eigenvalue weighted by molar-refractivity contribution is 0.0693. The number of hydrogen-bond donors (Lipinski definition) is 2. The Morgan fingerprint density at radius 3 is 2.57 bits per heavy atom. The minimum atomic E-state index is -1.27. The second-order valence-corrected chi connectivity index (χ2v) is 2.53. The van der Waals surface area contributed by atoms with Crippen molar-refractivity contribution in [2.24, 2.45) is 0 Å². The summed E-state index contributed by atoms with van der Waals surface area (Å²) in [5.74, 6) is -1.52. The van der Waals surface area contributed by atoms with Gasteiger partial charge in [-0.3, -0.25) is 4.79 Å². The van der Waals surface area contributed by atoms with Gasteiger partial charge in [0, 0.05) is 5.56 Å². The van der Waals surface area contributed by atoms with Crippen molar-refractivity contribution in [1.82, 2.24) is 0 Å². The molecule has 0 aliphatic heterocycles. The van der Waals surface area contributed by atoms with E-state index in [0.29, 0.717) is 6.29 Å². The number of rotatable bonds is 3. The van der Waals surface area contributed by atoms with E-state index in [1.165, 1.54) is 13.2 Å². The molecule has 0 amide bonds. The molecular weight excluding hydrogens is 188 g/mol. The Morgan fingerprint density at radius 2 is 2.14 bits per heavy atom. The summed E-state index contributed by atoms with van der Waals surface area (Å²) in [4.78, 5) is 21.1. The smallest absolute Gasteiger partial charge is 0.336 e. The molecule has 1 aromatic carbocycles. The molecule has 0 heterocycles. The molecule has 0 saturated heterocycles. The number of carboxylic acids is 1. The molecule has 0 aliphatic carbocycles. The van der Waals surface area contributed by atoms with Crippen molar-refractivity contribution >= 4 is 12.3 Å². The number of carboxylic acid groups (broad SMARTS) is 1. The van der Waals surface area contributed by atoms with Crippen molar-refractivity contribution in [3.05, 3.63) is 23.3 Å². The van der Waals surface area contributed by atoms with Crippen LogP contribution in [0.3, 0.4) is 0 Å². The average Bonchev–Trinajstić information content (AvgIpc) is 2.17. The number of aldehydes is 1. The number of carbonyl (C=O) groups excluding carboxylic acids is 1. The van der Waals surface area contributed by atoms with Gasteiger partial charge in [-0.1, -0.05) is 0 Å². The van der Waals surface area contributed by atoms with Gasteiger partial charge in [0.1, 0.15) is 0 Å². The molecule has 0 aliphatic rings. The van der Waals surface area contributed by atoms with Crippen LogP contribution in [0, 0.1) is 0 Å². The lowest BCUT2D eigenvalue weighted by atomic mass is 10.1. The molecule has 1 rings (SSSR count). The van der Waals surface area contributed by atoms with Crippen LogP contribution in [0.1, 0.15) is 20.7 Å². The number of phenols is 1. The van der Waals surface area contributed by atoms with E-state index >= 15 is 0 Å². The summed E-state index contributed by atoms with van der Waals surface area (Å²) in [6.07, 6.45) is 0.394. The molecule has 0 spiro atoms. The van der Waals surface area contributed by atoms with Gasteiger partial charge in [-0.15, -0.1) is 0 Å². The summed E-state index contributed by atoms with van der Waals surface area (Å²) < 4.78 is 4.72. The molecular formula is C9H8O5. The highest BCUT2D eigenvalue weighted by molar-refractivity contribution is 5.98. The molecule has 0 bridgehead atoms. The van der Waals surface area contributed by atoms with E-state index in [1.54, 1.807) is 0 Å². The molecule has 0 aromatic heterocycles. The van der Waals surface area contributed by atoms with Gasteiger partial charge in [0.05, 0.1) is 12.7 Å². The van der Waals surface area contributed by atoms with Crippen molar-refractivity contribution in [1.29, 1.82) is 0 Å². The third-order valence-corrected chi connectivity index (χ3v) is 1.71. The first-order chi connectivity index (χ1) is 6.60. The first-order valence-electron chi connectivity index (χ1n) is 3.69. The molecule has 14 heavy (non-hydrogen) atoms. The van der Waals surface area contributed by atoms with Crippen LogP contribution in [0.4, 0.5) is 0 Å². The van der Waals surface area contributed by atoms with Crippen molar-refractivity contribution in [2.75, 3.05) is 7.11 Å². The van der Waals surface area contributed by atoms with Gasteiger partial charge in [0.2, 0.25) is 0 Å². The summed E-state index contributed by atoms with van der Waals surface area (Å²) in [5, 5.41) is 17.9. The summed E-state index contributed by atoms with van der Waals surface area (Å²) in [6.45, 7) is 0. The Kier molecular flexibility index (Phi) is 2.71. The van der Waals surface area contributed by atoms with Crippen LogP contribution in [0.2, 0.25) is 0 Å². The topological polar surface area (TPSA) is 83.8 Å². The molecule has 5 nitrogen and oxygen atoms in total. The van der Waals surface area contributed by atoms with Crippen LogP contribution in [-0.2, 0) is 0 Å². The molecule has 0 saturated carbocycles. The Hall–Kier alpha value is -2.04. The lowest BCUT2D eigenvalue weighted by Gasteiger charge is -2.05. The second-order valence-electron chi connectivity index (χ2n) is 2.53. The van der Waals surface area contributed by atoms with Crippen molar-refractivity contribution < 1.29 is 24.5 Å². The van der Waals surface area contributed by atoms with Gasteiger partial charge in [-0.2, -0.15) is 0 Å². The van der Waals surface area contributed by atoms with Gasteiger partial charge in [0.25, 0.3) is 0 Å². The maximum absolute atomic E-state index is 10.6. The highest BCUT2D eigenvalue weighted by Crippen LogP contribution is 2.28. The first kappa shape index (κ1) is 10.0. The Balaban J connectivity index is 3.38. The van der Waals surface area contributed by atoms with Gasteiger partial charge in [-0.05, 0) is 12.1 Å². The zero-order valence-corrected chi connectivity index (χ0v) is 7.35. The maximum atomic E-state index is 10.6. The summed E-state index contributed by atoms with van der Waals surface area (Å²) in [5.41, 5.74) is -0.287. The van der Waals surface area contributed by atoms with E-state index in [-0.39, 0.29) is 22.6 Å². The highest BCUT2D eigenvalue weighted by Gasteiger charge is 2.14. The minimum Gasteiger partial charge on any atom is -0.504 e. The fourth-order valence-electron chi connectivity index (χ4n) is 1.03. The number of phenolic OH excluding ortho intramolecular Hbond substituents is 1. The van der Waals surface area contributed by atoms with E-state index in [9.17, 15) is 14.7 Å². The van der Waals surface area contributed by atoms with E-state index in [2.05, 4.69) is 0 Å². The fourth-order valence-corrected chi connectivity index (χ4v) is 1.03. The van der Waals surface area contributed by atoms with Gasteiger partial charge in [-0.25, -0.2) is 4.79 Å². The van der Waals surface area contributed by atoms with Crippen molar-refractivity contribution in [3.8, 4) is 11.5 Å². The third kappa shape index (κ3) is 1.66. The zero-order valence-electron chi connectivity index (χ0n) is 7.35. The normalized spacial score (nSPS) is 9.50. The molecule has 0 fully saturated rings. The van der Waals surface area contributed by atoms with Crippen molar-refractivity contribution in [3.63, 3.8) is 0 Å². The quantitative estimate of drug-likeness (QED) is 0.702. The average molecular weight is 196 g/mol.